The highest BCUT2D eigenvalue weighted by atomic mass is 16.5. The van der Waals surface area contributed by atoms with E-state index in [-0.39, 0.29) is 5.54 Å². The Bertz CT molecular complexity index is 433. The van der Waals surface area contributed by atoms with Crippen LogP contribution in [0.25, 0.3) is 0 Å². The molecule has 0 aliphatic heterocycles. The van der Waals surface area contributed by atoms with Gasteiger partial charge >= 0.3 is 0 Å². The van der Waals surface area contributed by atoms with Gasteiger partial charge in [0, 0.05) is 12.1 Å². The SMILES string of the molecule is CCOc1cc(CC(C)(CN)N(CC)CC)ccc1OC. The molecule has 0 heterocycles. The molecule has 1 rings (SSSR count). The third-order valence-corrected chi connectivity index (χ3v) is 4.08. The molecule has 21 heavy (non-hydrogen) atoms. The molecule has 0 spiro atoms. The minimum absolute atomic E-state index is 0.0401. The van der Waals surface area contributed by atoms with E-state index in [1.165, 1.54) is 5.56 Å². The molecule has 0 fully saturated rings. The highest BCUT2D eigenvalue weighted by Crippen LogP contribution is 2.30. The van der Waals surface area contributed by atoms with Gasteiger partial charge in [-0.1, -0.05) is 19.9 Å². The highest BCUT2D eigenvalue weighted by Gasteiger charge is 2.29. The number of rotatable bonds is 9. The maximum atomic E-state index is 6.06. The van der Waals surface area contributed by atoms with Crippen LogP contribution in [0.1, 0.15) is 33.3 Å². The van der Waals surface area contributed by atoms with E-state index in [0.717, 1.165) is 31.0 Å². The average molecular weight is 294 g/mol. The first kappa shape index (κ1) is 17.8. The first-order valence-corrected chi connectivity index (χ1v) is 7.79. The van der Waals surface area contributed by atoms with Crippen molar-refractivity contribution in [3.63, 3.8) is 0 Å². The summed E-state index contributed by atoms with van der Waals surface area (Å²) in [5.74, 6) is 1.58. The van der Waals surface area contributed by atoms with Crippen molar-refractivity contribution >= 4 is 0 Å². The number of likely N-dealkylation sites (N-methyl/N-ethyl adjacent to an activating group) is 1. The van der Waals surface area contributed by atoms with Crippen molar-refractivity contribution in [1.29, 1.82) is 0 Å². The number of benzene rings is 1. The summed E-state index contributed by atoms with van der Waals surface area (Å²) in [5.41, 5.74) is 7.24. The molecule has 0 bridgehead atoms. The molecule has 120 valence electrons. The smallest absolute Gasteiger partial charge is 0.161 e. The lowest BCUT2D eigenvalue weighted by molar-refractivity contribution is 0.124. The Kier molecular flexibility index (Phi) is 6.99. The monoisotopic (exact) mass is 294 g/mol. The fraction of sp³-hybridized carbons (Fsp3) is 0.647. The van der Waals surface area contributed by atoms with Gasteiger partial charge in [-0.25, -0.2) is 0 Å². The quantitative estimate of drug-likeness (QED) is 0.761. The first-order chi connectivity index (χ1) is 10.0. The van der Waals surface area contributed by atoms with E-state index in [0.29, 0.717) is 13.2 Å². The summed E-state index contributed by atoms with van der Waals surface area (Å²) in [4.78, 5) is 2.41. The van der Waals surface area contributed by atoms with Crippen LogP contribution >= 0.6 is 0 Å². The second kappa shape index (κ2) is 8.25. The number of methoxy groups -OCH3 is 1. The van der Waals surface area contributed by atoms with E-state index < -0.39 is 0 Å². The fourth-order valence-corrected chi connectivity index (χ4v) is 2.84. The molecule has 4 heteroatoms. The van der Waals surface area contributed by atoms with Crippen LogP contribution in [0.2, 0.25) is 0 Å². The number of ether oxygens (including phenoxy) is 2. The molecular formula is C17H30N2O2. The van der Waals surface area contributed by atoms with E-state index in [1.807, 2.05) is 13.0 Å². The van der Waals surface area contributed by atoms with Gasteiger partial charge in [-0.15, -0.1) is 0 Å². The predicted octanol–water partition coefficient (Wildman–Crippen LogP) is 2.70. The molecular weight excluding hydrogens is 264 g/mol. The molecule has 2 N–H and O–H groups in total. The van der Waals surface area contributed by atoms with Gasteiger partial charge in [-0.2, -0.15) is 0 Å². The molecule has 4 nitrogen and oxygen atoms in total. The number of hydrogen-bond donors (Lipinski definition) is 1. The van der Waals surface area contributed by atoms with Crippen LogP contribution in [0.5, 0.6) is 11.5 Å². The Labute approximate surface area is 129 Å². The van der Waals surface area contributed by atoms with Gasteiger partial charge in [0.2, 0.25) is 0 Å². The number of hydrogen-bond acceptors (Lipinski definition) is 4. The van der Waals surface area contributed by atoms with Crippen LogP contribution in [0.3, 0.4) is 0 Å². The Balaban J connectivity index is 3.02. The van der Waals surface area contributed by atoms with Crippen LogP contribution in [0, 0.1) is 0 Å². The molecule has 1 atom stereocenters. The second-order valence-corrected chi connectivity index (χ2v) is 5.47. The van der Waals surface area contributed by atoms with Gasteiger partial charge in [0.1, 0.15) is 0 Å². The summed E-state index contributed by atoms with van der Waals surface area (Å²) in [5, 5.41) is 0. The molecule has 0 aromatic heterocycles. The summed E-state index contributed by atoms with van der Waals surface area (Å²) in [6.07, 6.45) is 0.898. The lowest BCUT2D eigenvalue weighted by atomic mass is 9.90. The van der Waals surface area contributed by atoms with Crippen molar-refractivity contribution in [2.45, 2.75) is 39.7 Å². The van der Waals surface area contributed by atoms with Crippen molar-refractivity contribution in [3.8, 4) is 11.5 Å². The van der Waals surface area contributed by atoms with E-state index in [1.54, 1.807) is 7.11 Å². The fourth-order valence-electron chi connectivity index (χ4n) is 2.84. The van der Waals surface area contributed by atoms with Crippen LogP contribution in [0.4, 0.5) is 0 Å². The molecule has 0 saturated heterocycles. The summed E-state index contributed by atoms with van der Waals surface area (Å²) < 4.78 is 11.0. The van der Waals surface area contributed by atoms with Crippen LogP contribution < -0.4 is 15.2 Å². The van der Waals surface area contributed by atoms with Crippen molar-refractivity contribution in [2.24, 2.45) is 5.73 Å². The Morgan fingerprint density at radius 1 is 1.14 bits per heavy atom. The van der Waals surface area contributed by atoms with Crippen LogP contribution in [0.15, 0.2) is 18.2 Å². The summed E-state index contributed by atoms with van der Waals surface area (Å²) in [6.45, 7) is 11.8. The first-order valence-electron chi connectivity index (χ1n) is 7.79. The predicted molar refractivity (Wildman–Crippen MR) is 88.2 cm³/mol. The average Bonchev–Trinajstić information content (AvgIpc) is 2.49. The maximum Gasteiger partial charge on any atom is 0.161 e. The normalized spacial score (nSPS) is 14.0. The van der Waals surface area contributed by atoms with Gasteiger partial charge < -0.3 is 15.2 Å². The zero-order chi connectivity index (χ0) is 15.9. The Hall–Kier alpha value is -1.26. The summed E-state index contributed by atoms with van der Waals surface area (Å²) in [6, 6.07) is 6.14. The second-order valence-electron chi connectivity index (χ2n) is 5.47. The van der Waals surface area contributed by atoms with Crippen molar-refractivity contribution in [3.05, 3.63) is 23.8 Å². The summed E-state index contributed by atoms with van der Waals surface area (Å²) in [7, 11) is 1.66. The van der Waals surface area contributed by atoms with Crippen LogP contribution in [-0.4, -0.2) is 43.8 Å². The third-order valence-electron chi connectivity index (χ3n) is 4.08. The molecule has 0 radical (unpaired) electrons. The molecule has 1 aromatic carbocycles. The summed E-state index contributed by atoms with van der Waals surface area (Å²) >= 11 is 0. The molecule has 0 aliphatic carbocycles. The van der Waals surface area contributed by atoms with Crippen LogP contribution in [-0.2, 0) is 6.42 Å². The molecule has 0 amide bonds. The van der Waals surface area contributed by atoms with E-state index in [2.05, 4.69) is 37.8 Å². The van der Waals surface area contributed by atoms with Crippen molar-refractivity contribution < 1.29 is 9.47 Å². The molecule has 1 aromatic rings. The minimum Gasteiger partial charge on any atom is -0.493 e. The zero-order valence-corrected chi connectivity index (χ0v) is 14.1. The van der Waals surface area contributed by atoms with Gasteiger partial charge in [0.15, 0.2) is 11.5 Å². The maximum absolute atomic E-state index is 6.06. The van der Waals surface area contributed by atoms with E-state index in [9.17, 15) is 0 Å². The highest BCUT2D eigenvalue weighted by molar-refractivity contribution is 5.43. The van der Waals surface area contributed by atoms with Gasteiger partial charge in [-0.05, 0) is 51.1 Å². The number of nitrogens with two attached hydrogens (primary N) is 1. The lowest BCUT2D eigenvalue weighted by Gasteiger charge is -2.40. The topological polar surface area (TPSA) is 47.7 Å². The lowest BCUT2D eigenvalue weighted by Crippen LogP contribution is -2.53. The Morgan fingerprint density at radius 2 is 1.81 bits per heavy atom. The van der Waals surface area contributed by atoms with Gasteiger partial charge in [0.05, 0.1) is 13.7 Å². The van der Waals surface area contributed by atoms with Crippen molar-refractivity contribution in [2.75, 3.05) is 33.4 Å². The molecule has 0 saturated carbocycles. The van der Waals surface area contributed by atoms with Crippen molar-refractivity contribution in [1.82, 2.24) is 4.90 Å². The van der Waals surface area contributed by atoms with E-state index >= 15 is 0 Å². The standard InChI is InChI=1S/C17H30N2O2/c1-6-19(7-2)17(4,13-18)12-14-9-10-15(20-5)16(11-14)21-8-3/h9-11H,6-8,12-13,18H2,1-5H3. The third kappa shape index (κ3) is 4.35. The largest absolute Gasteiger partial charge is 0.493 e. The van der Waals surface area contributed by atoms with E-state index in [4.69, 9.17) is 15.2 Å². The van der Waals surface area contributed by atoms with Gasteiger partial charge in [-0.3, -0.25) is 4.90 Å². The number of nitrogens with zero attached hydrogens (tertiary/aromatic N) is 1. The van der Waals surface area contributed by atoms with Gasteiger partial charge in [0.25, 0.3) is 0 Å². The zero-order valence-electron chi connectivity index (χ0n) is 14.1. The molecule has 1 unspecified atom stereocenters. The minimum atomic E-state index is -0.0401. The molecule has 0 aliphatic rings. The Morgan fingerprint density at radius 3 is 2.29 bits per heavy atom.